The topological polar surface area (TPSA) is 72.0 Å². The van der Waals surface area contributed by atoms with Crippen molar-refractivity contribution in [3.8, 4) is 5.75 Å². The van der Waals surface area contributed by atoms with E-state index in [2.05, 4.69) is 9.88 Å². The van der Waals surface area contributed by atoms with Gasteiger partial charge in [-0.2, -0.15) is 0 Å². The minimum Gasteiger partial charge on any atom is -0.471 e. The predicted molar refractivity (Wildman–Crippen MR) is 100 cm³/mol. The van der Waals surface area contributed by atoms with Crippen molar-refractivity contribution in [1.82, 2.24) is 10.0 Å². The van der Waals surface area contributed by atoms with E-state index in [1.807, 2.05) is 25.1 Å². The summed E-state index contributed by atoms with van der Waals surface area (Å²) in [4.78, 5) is 36.1. The fourth-order valence-corrected chi connectivity index (χ4v) is 2.87. The molecule has 1 saturated heterocycles. The first kappa shape index (κ1) is 18.8. The molecule has 0 bridgehead atoms. The van der Waals surface area contributed by atoms with Gasteiger partial charge in [0.15, 0.2) is 5.78 Å². The summed E-state index contributed by atoms with van der Waals surface area (Å²) in [5.41, 5.74) is 2.06. The fraction of sp³-hybridized carbons (Fsp3) is 0.350. The highest BCUT2D eigenvalue weighted by Gasteiger charge is 2.30. The van der Waals surface area contributed by atoms with Crippen molar-refractivity contribution >= 4 is 17.4 Å². The Morgan fingerprint density at radius 2 is 1.78 bits per heavy atom. The van der Waals surface area contributed by atoms with E-state index in [1.165, 1.54) is 6.92 Å². The number of benzene rings is 1. The predicted octanol–water partition coefficient (Wildman–Crippen LogP) is 2.01. The third-order valence-electron chi connectivity index (χ3n) is 4.28. The summed E-state index contributed by atoms with van der Waals surface area (Å²) in [6.45, 7) is 5.78. The molecule has 1 aliphatic rings. The number of ether oxygens (including phenoxy) is 1. The van der Waals surface area contributed by atoms with Crippen LogP contribution >= 0.6 is 0 Å². The maximum absolute atomic E-state index is 12.4. The third kappa shape index (κ3) is 5.04. The summed E-state index contributed by atoms with van der Waals surface area (Å²) in [5.74, 6) is -0.637. The van der Waals surface area contributed by atoms with Crippen LogP contribution in [-0.2, 0) is 14.4 Å². The van der Waals surface area contributed by atoms with Gasteiger partial charge in [-0.05, 0) is 38.1 Å². The van der Waals surface area contributed by atoms with Crippen molar-refractivity contribution in [2.24, 2.45) is 0 Å². The number of carbonyl (C=O) groups excluding carboxylic acids is 2. The van der Waals surface area contributed by atoms with Crippen LogP contribution in [0.3, 0.4) is 0 Å². The lowest BCUT2D eigenvalue weighted by Crippen LogP contribution is -2.49. The van der Waals surface area contributed by atoms with E-state index in [-0.39, 0.29) is 0 Å². The van der Waals surface area contributed by atoms with Crippen LogP contribution < -0.4 is 9.64 Å². The molecule has 0 amide bonds. The number of aromatic nitrogens is 1. The molecular formula is C20H23N3O4. The van der Waals surface area contributed by atoms with Gasteiger partial charge in [0.1, 0.15) is 5.75 Å². The lowest BCUT2D eigenvalue weighted by Gasteiger charge is -2.35. The van der Waals surface area contributed by atoms with Crippen LogP contribution in [0.4, 0.5) is 5.69 Å². The first-order valence-electron chi connectivity index (χ1n) is 8.89. The summed E-state index contributed by atoms with van der Waals surface area (Å²) in [6.07, 6.45) is 0.517. The van der Waals surface area contributed by atoms with E-state index >= 15 is 0 Å². The maximum atomic E-state index is 12.4. The minimum atomic E-state index is -1.27. The van der Waals surface area contributed by atoms with E-state index < -0.39 is 17.9 Å². The zero-order valence-electron chi connectivity index (χ0n) is 15.5. The SMILES string of the molecule is CC(=O)C(Oc1ccccc1)C(=O)ON1CCN(c2ccnc(C)c2)CC1. The van der Waals surface area contributed by atoms with Crippen LogP contribution in [-0.4, -0.2) is 54.1 Å². The molecule has 3 rings (SSSR count). The van der Waals surface area contributed by atoms with Crippen molar-refractivity contribution < 1.29 is 19.2 Å². The number of carbonyl (C=O) groups is 2. The van der Waals surface area contributed by atoms with E-state index in [9.17, 15) is 9.59 Å². The van der Waals surface area contributed by atoms with E-state index in [0.29, 0.717) is 31.9 Å². The largest absolute Gasteiger partial charge is 0.471 e. The highest BCUT2D eigenvalue weighted by molar-refractivity contribution is 6.01. The number of hydrogen-bond donors (Lipinski definition) is 0. The number of piperazine rings is 1. The molecule has 7 nitrogen and oxygen atoms in total. The second kappa shape index (κ2) is 8.64. The van der Waals surface area contributed by atoms with Gasteiger partial charge in [-0.15, -0.1) is 5.06 Å². The Balaban J connectivity index is 1.55. The molecule has 1 aromatic heterocycles. The van der Waals surface area contributed by atoms with E-state index in [0.717, 1.165) is 11.4 Å². The lowest BCUT2D eigenvalue weighted by molar-refractivity contribution is -0.199. The van der Waals surface area contributed by atoms with Crippen molar-refractivity contribution in [2.75, 3.05) is 31.1 Å². The smallest absolute Gasteiger partial charge is 0.374 e. The standard InChI is InChI=1S/C20H23N3O4/c1-15-14-17(8-9-21-15)22-10-12-23(13-11-22)27-20(25)19(16(2)24)26-18-6-4-3-5-7-18/h3-9,14,19H,10-13H2,1-2H3. The number of nitrogens with zero attached hydrogens (tertiary/aromatic N) is 3. The van der Waals surface area contributed by atoms with Gasteiger partial charge in [0.25, 0.3) is 6.10 Å². The van der Waals surface area contributed by atoms with Gasteiger partial charge in [-0.3, -0.25) is 9.78 Å². The summed E-state index contributed by atoms with van der Waals surface area (Å²) < 4.78 is 5.51. The normalized spacial score (nSPS) is 15.9. The van der Waals surface area contributed by atoms with Crippen LogP contribution in [0.15, 0.2) is 48.7 Å². The van der Waals surface area contributed by atoms with Crippen molar-refractivity contribution in [3.05, 3.63) is 54.4 Å². The molecule has 1 atom stereocenters. The number of hydrogen-bond acceptors (Lipinski definition) is 7. The lowest BCUT2D eigenvalue weighted by atomic mass is 10.2. The van der Waals surface area contributed by atoms with Crippen molar-refractivity contribution in [2.45, 2.75) is 20.0 Å². The zero-order valence-corrected chi connectivity index (χ0v) is 15.5. The number of pyridine rings is 1. The van der Waals surface area contributed by atoms with Gasteiger partial charge in [-0.1, -0.05) is 18.2 Å². The monoisotopic (exact) mass is 369 g/mol. The first-order chi connectivity index (χ1) is 13.0. The molecule has 0 saturated carbocycles. The molecule has 0 radical (unpaired) electrons. The molecule has 1 unspecified atom stereocenters. The Morgan fingerprint density at radius 3 is 2.41 bits per heavy atom. The highest BCUT2D eigenvalue weighted by Crippen LogP contribution is 2.17. The van der Waals surface area contributed by atoms with Crippen LogP contribution in [0.2, 0.25) is 0 Å². The average molecular weight is 369 g/mol. The number of rotatable bonds is 6. The molecule has 142 valence electrons. The number of ketones is 1. The van der Waals surface area contributed by atoms with Crippen LogP contribution in [0.1, 0.15) is 12.6 Å². The van der Waals surface area contributed by atoms with Crippen LogP contribution in [0.5, 0.6) is 5.75 Å². The fourth-order valence-electron chi connectivity index (χ4n) is 2.87. The Kier molecular flexibility index (Phi) is 6.03. The molecule has 1 aliphatic heterocycles. The Labute approximate surface area is 158 Å². The molecule has 7 heteroatoms. The summed E-state index contributed by atoms with van der Waals surface area (Å²) in [5, 5.41) is 1.58. The van der Waals surface area contributed by atoms with Crippen molar-refractivity contribution in [3.63, 3.8) is 0 Å². The molecule has 0 spiro atoms. The van der Waals surface area contributed by atoms with Crippen molar-refractivity contribution in [1.29, 1.82) is 0 Å². The Hall–Kier alpha value is -2.93. The first-order valence-corrected chi connectivity index (χ1v) is 8.89. The molecular weight excluding hydrogens is 346 g/mol. The summed E-state index contributed by atoms with van der Waals surface area (Å²) >= 11 is 0. The summed E-state index contributed by atoms with van der Waals surface area (Å²) in [6, 6.07) is 12.8. The zero-order chi connectivity index (χ0) is 19.2. The van der Waals surface area contributed by atoms with Gasteiger partial charge in [0.2, 0.25) is 0 Å². The van der Waals surface area contributed by atoms with Crippen LogP contribution in [0, 0.1) is 6.92 Å². The molecule has 2 heterocycles. The maximum Gasteiger partial charge on any atom is 0.374 e. The number of anilines is 1. The highest BCUT2D eigenvalue weighted by atomic mass is 16.7. The Morgan fingerprint density at radius 1 is 1.07 bits per heavy atom. The molecule has 27 heavy (non-hydrogen) atoms. The van der Waals surface area contributed by atoms with Gasteiger partial charge in [0.05, 0.1) is 13.1 Å². The molecule has 1 aromatic carbocycles. The van der Waals surface area contributed by atoms with Gasteiger partial charge < -0.3 is 14.5 Å². The van der Waals surface area contributed by atoms with Gasteiger partial charge >= 0.3 is 5.97 Å². The third-order valence-corrected chi connectivity index (χ3v) is 4.28. The van der Waals surface area contributed by atoms with E-state index in [4.69, 9.17) is 9.57 Å². The second-order valence-corrected chi connectivity index (χ2v) is 6.40. The van der Waals surface area contributed by atoms with E-state index in [1.54, 1.807) is 35.5 Å². The number of hydroxylamine groups is 2. The molecule has 0 aliphatic carbocycles. The molecule has 2 aromatic rings. The summed E-state index contributed by atoms with van der Waals surface area (Å²) in [7, 11) is 0. The van der Waals surface area contributed by atoms with Crippen LogP contribution in [0.25, 0.3) is 0 Å². The van der Waals surface area contributed by atoms with Gasteiger partial charge in [-0.25, -0.2) is 4.79 Å². The minimum absolute atomic E-state index is 0.394. The quantitative estimate of drug-likeness (QED) is 0.721. The molecule has 1 fully saturated rings. The number of Topliss-reactive ketones (excluding diaryl/α,β-unsaturated/α-hetero) is 1. The Bertz CT molecular complexity index is 789. The average Bonchev–Trinajstić information content (AvgIpc) is 2.67. The number of para-hydroxylation sites is 1. The number of aryl methyl sites for hydroxylation is 1. The van der Waals surface area contributed by atoms with Gasteiger partial charge in [0, 0.05) is 30.7 Å². The molecule has 0 N–H and O–H groups in total. The second-order valence-electron chi connectivity index (χ2n) is 6.40.